The second kappa shape index (κ2) is 5.37. The average molecular weight is 307 g/mol. The van der Waals surface area contributed by atoms with E-state index < -0.39 is 6.36 Å². The fraction of sp³-hybridized carbons (Fsp3) is 0.333. The van der Waals surface area contributed by atoms with Crippen LogP contribution in [0.15, 0.2) is 30.6 Å². The molecule has 0 amide bonds. The van der Waals surface area contributed by atoms with Crippen LogP contribution in [0, 0.1) is 11.3 Å². The molecule has 3 rings (SSSR count). The van der Waals surface area contributed by atoms with Crippen LogP contribution >= 0.6 is 0 Å². The first kappa shape index (κ1) is 14.4. The molecule has 1 aromatic carbocycles. The van der Waals surface area contributed by atoms with Crippen molar-refractivity contribution in [2.45, 2.75) is 31.7 Å². The zero-order valence-electron chi connectivity index (χ0n) is 11.5. The van der Waals surface area contributed by atoms with E-state index in [9.17, 15) is 13.2 Å². The summed E-state index contributed by atoms with van der Waals surface area (Å²) in [6, 6.07) is 6.11. The summed E-state index contributed by atoms with van der Waals surface area (Å²) in [6.07, 6.45) is 1.62. The Kier molecular flexibility index (Phi) is 3.53. The largest absolute Gasteiger partial charge is 0.573 e. The van der Waals surface area contributed by atoms with Crippen LogP contribution in [0.25, 0.3) is 11.1 Å². The summed E-state index contributed by atoms with van der Waals surface area (Å²) in [5, 5.41) is 13.0. The third-order valence-electron chi connectivity index (χ3n) is 3.70. The van der Waals surface area contributed by atoms with Crippen LogP contribution in [0.2, 0.25) is 0 Å². The number of rotatable bonds is 3. The van der Waals surface area contributed by atoms with Crippen molar-refractivity contribution < 1.29 is 17.9 Å². The number of hydrogen-bond donors (Lipinski definition) is 0. The number of aromatic nitrogens is 2. The van der Waals surface area contributed by atoms with Crippen molar-refractivity contribution in [3.8, 4) is 22.9 Å². The highest BCUT2D eigenvalue weighted by Crippen LogP contribution is 2.36. The number of halogens is 3. The Morgan fingerprint density at radius 3 is 2.68 bits per heavy atom. The van der Waals surface area contributed by atoms with Crippen LogP contribution in [-0.4, -0.2) is 16.1 Å². The molecule has 1 fully saturated rings. The van der Waals surface area contributed by atoms with Crippen molar-refractivity contribution in [2.24, 2.45) is 0 Å². The van der Waals surface area contributed by atoms with E-state index in [4.69, 9.17) is 5.26 Å². The Labute approximate surface area is 124 Å². The van der Waals surface area contributed by atoms with Crippen molar-refractivity contribution in [1.29, 1.82) is 5.26 Å². The summed E-state index contributed by atoms with van der Waals surface area (Å²) >= 11 is 0. The fourth-order valence-corrected chi connectivity index (χ4v) is 2.37. The van der Waals surface area contributed by atoms with E-state index in [0.29, 0.717) is 11.6 Å². The lowest BCUT2D eigenvalue weighted by Gasteiger charge is -2.25. The minimum absolute atomic E-state index is 0.106. The molecule has 0 radical (unpaired) electrons. The monoisotopic (exact) mass is 307 g/mol. The number of nitrogens with zero attached hydrogens (tertiary/aromatic N) is 3. The molecule has 22 heavy (non-hydrogen) atoms. The molecular weight excluding hydrogens is 295 g/mol. The van der Waals surface area contributed by atoms with Gasteiger partial charge < -0.3 is 4.74 Å². The van der Waals surface area contributed by atoms with E-state index in [1.54, 1.807) is 16.9 Å². The van der Waals surface area contributed by atoms with Gasteiger partial charge in [-0.1, -0.05) is 0 Å². The smallest absolute Gasteiger partial charge is 0.405 e. The molecule has 1 aliphatic carbocycles. The first-order valence-electron chi connectivity index (χ1n) is 6.81. The van der Waals surface area contributed by atoms with Crippen molar-refractivity contribution in [2.75, 3.05) is 0 Å². The minimum Gasteiger partial charge on any atom is -0.405 e. The summed E-state index contributed by atoms with van der Waals surface area (Å²) in [5.74, 6) is -0.389. The Balaban J connectivity index is 1.98. The van der Waals surface area contributed by atoms with Crippen LogP contribution in [0.5, 0.6) is 5.75 Å². The zero-order chi connectivity index (χ0) is 15.7. The van der Waals surface area contributed by atoms with Crippen LogP contribution < -0.4 is 4.74 Å². The fourth-order valence-electron chi connectivity index (χ4n) is 2.37. The molecule has 114 valence electrons. The normalized spacial score (nSPS) is 15.2. The molecule has 7 heteroatoms. The maximum atomic E-state index is 12.5. The lowest BCUT2D eigenvalue weighted by atomic mass is 9.93. The maximum absolute atomic E-state index is 12.5. The summed E-state index contributed by atoms with van der Waals surface area (Å²) < 4.78 is 43.5. The lowest BCUT2D eigenvalue weighted by molar-refractivity contribution is -0.274. The average Bonchev–Trinajstić information content (AvgIpc) is 2.83. The quantitative estimate of drug-likeness (QED) is 0.859. The summed E-state index contributed by atoms with van der Waals surface area (Å²) in [6.45, 7) is 0. The van der Waals surface area contributed by atoms with E-state index >= 15 is 0 Å². The number of benzene rings is 1. The highest BCUT2D eigenvalue weighted by Gasteiger charge is 2.32. The Hall–Kier alpha value is -2.49. The van der Waals surface area contributed by atoms with Gasteiger partial charge in [0.05, 0.1) is 23.9 Å². The number of ether oxygens (including phenoxy) is 1. The van der Waals surface area contributed by atoms with Crippen molar-refractivity contribution in [3.63, 3.8) is 0 Å². The summed E-state index contributed by atoms with van der Waals surface area (Å²) in [5.41, 5.74) is 0.909. The summed E-state index contributed by atoms with van der Waals surface area (Å²) in [7, 11) is 0. The molecule has 0 N–H and O–H groups in total. The molecule has 1 heterocycles. The van der Waals surface area contributed by atoms with Gasteiger partial charge in [0, 0.05) is 17.3 Å². The standard InChI is InChI=1S/C15H12F3N3O/c16-15(17,18)22-14-6-10(7-19)4-5-13(14)11-8-20-21(9-11)12-2-1-3-12/h4-6,8-9,12H,1-3H2. The maximum Gasteiger partial charge on any atom is 0.573 e. The molecule has 0 aliphatic heterocycles. The topological polar surface area (TPSA) is 50.8 Å². The van der Waals surface area contributed by atoms with Gasteiger partial charge >= 0.3 is 6.36 Å². The van der Waals surface area contributed by atoms with Gasteiger partial charge in [0.15, 0.2) is 0 Å². The molecule has 1 aliphatic rings. The van der Waals surface area contributed by atoms with Crippen LogP contribution in [0.3, 0.4) is 0 Å². The lowest BCUT2D eigenvalue weighted by Crippen LogP contribution is -2.18. The molecule has 0 spiro atoms. The summed E-state index contributed by atoms with van der Waals surface area (Å²) in [4.78, 5) is 0. The number of nitriles is 1. The Bertz CT molecular complexity index is 726. The van der Waals surface area contributed by atoms with Gasteiger partial charge in [-0.3, -0.25) is 4.68 Å². The molecule has 0 atom stereocenters. The van der Waals surface area contributed by atoms with Crippen molar-refractivity contribution in [1.82, 2.24) is 9.78 Å². The third kappa shape index (κ3) is 2.91. The number of hydrogen-bond acceptors (Lipinski definition) is 3. The van der Waals surface area contributed by atoms with E-state index in [2.05, 4.69) is 9.84 Å². The predicted octanol–water partition coefficient (Wildman–Crippen LogP) is 4.05. The molecule has 0 unspecified atom stereocenters. The SMILES string of the molecule is N#Cc1ccc(-c2cnn(C3CCC3)c2)c(OC(F)(F)F)c1. The van der Waals surface area contributed by atoms with Gasteiger partial charge in [-0.05, 0) is 37.5 Å². The molecular formula is C15H12F3N3O. The van der Waals surface area contributed by atoms with E-state index in [1.807, 2.05) is 0 Å². The van der Waals surface area contributed by atoms with Gasteiger partial charge in [-0.2, -0.15) is 10.4 Å². The first-order valence-corrected chi connectivity index (χ1v) is 6.81. The number of alkyl halides is 3. The molecule has 0 bridgehead atoms. The second-order valence-corrected chi connectivity index (χ2v) is 5.16. The van der Waals surface area contributed by atoms with Crippen LogP contribution in [0.4, 0.5) is 13.2 Å². The van der Waals surface area contributed by atoms with Crippen LogP contribution in [0.1, 0.15) is 30.9 Å². The van der Waals surface area contributed by atoms with E-state index in [0.717, 1.165) is 25.3 Å². The highest BCUT2D eigenvalue weighted by atomic mass is 19.4. The van der Waals surface area contributed by atoms with Crippen LogP contribution in [-0.2, 0) is 0 Å². The molecule has 4 nitrogen and oxygen atoms in total. The first-order chi connectivity index (χ1) is 10.5. The van der Waals surface area contributed by atoms with Gasteiger partial charge in [-0.25, -0.2) is 0 Å². The predicted molar refractivity (Wildman–Crippen MR) is 71.9 cm³/mol. The second-order valence-electron chi connectivity index (χ2n) is 5.16. The van der Waals surface area contributed by atoms with Gasteiger partial charge in [0.25, 0.3) is 0 Å². The zero-order valence-corrected chi connectivity index (χ0v) is 11.5. The van der Waals surface area contributed by atoms with Gasteiger partial charge in [0.2, 0.25) is 0 Å². The van der Waals surface area contributed by atoms with E-state index in [1.165, 1.54) is 18.3 Å². The molecule has 2 aromatic rings. The van der Waals surface area contributed by atoms with Gasteiger partial charge in [0.1, 0.15) is 5.75 Å². The van der Waals surface area contributed by atoms with E-state index in [-0.39, 0.29) is 16.9 Å². The Morgan fingerprint density at radius 1 is 1.32 bits per heavy atom. The van der Waals surface area contributed by atoms with Gasteiger partial charge in [-0.15, -0.1) is 13.2 Å². The van der Waals surface area contributed by atoms with Crippen molar-refractivity contribution in [3.05, 3.63) is 36.2 Å². The molecule has 0 saturated heterocycles. The highest BCUT2D eigenvalue weighted by molar-refractivity contribution is 5.70. The third-order valence-corrected chi connectivity index (χ3v) is 3.70. The molecule has 1 saturated carbocycles. The van der Waals surface area contributed by atoms with Crippen molar-refractivity contribution >= 4 is 0 Å². The minimum atomic E-state index is -4.81. The molecule has 1 aromatic heterocycles. The Morgan fingerprint density at radius 2 is 2.09 bits per heavy atom.